The standard InChI is InChI=1S/C20H18N2O5/c1-13(23)21-15-7-4-6-14(12-15)20(26)27-11-5-10-22-18(24)16-8-2-3-9-17(16)19(22)25/h2-4,6-9,12H,5,10-11H2,1H3,(H,21,23). The predicted molar refractivity (Wildman–Crippen MR) is 97.5 cm³/mol. The number of esters is 1. The van der Waals surface area contributed by atoms with Gasteiger partial charge in [0.05, 0.1) is 23.3 Å². The van der Waals surface area contributed by atoms with Crippen LogP contribution in [0.25, 0.3) is 0 Å². The third-order valence-corrected chi connectivity index (χ3v) is 4.06. The zero-order chi connectivity index (χ0) is 19.4. The summed E-state index contributed by atoms with van der Waals surface area (Å²) in [6, 6.07) is 13.1. The molecule has 1 aliphatic rings. The molecule has 0 aliphatic carbocycles. The van der Waals surface area contributed by atoms with Gasteiger partial charge in [0.25, 0.3) is 11.8 Å². The Labute approximate surface area is 155 Å². The number of imide groups is 1. The molecule has 1 aliphatic heterocycles. The molecule has 0 saturated carbocycles. The van der Waals surface area contributed by atoms with Crippen molar-refractivity contribution < 1.29 is 23.9 Å². The van der Waals surface area contributed by atoms with Crippen molar-refractivity contribution >= 4 is 29.4 Å². The molecule has 0 fully saturated rings. The number of carbonyl (C=O) groups is 4. The lowest BCUT2D eigenvalue weighted by Gasteiger charge is -2.13. The van der Waals surface area contributed by atoms with Crippen LogP contribution >= 0.6 is 0 Å². The van der Waals surface area contributed by atoms with E-state index in [4.69, 9.17) is 4.74 Å². The van der Waals surface area contributed by atoms with Crippen LogP contribution < -0.4 is 5.32 Å². The van der Waals surface area contributed by atoms with E-state index in [0.717, 1.165) is 4.90 Å². The Morgan fingerprint density at radius 2 is 1.67 bits per heavy atom. The van der Waals surface area contributed by atoms with E-state index in [1.54, 1.807) is 42.5 Å². The molecular weight excluding hydrogens is 348 g/mol. The van der Waals surface area contributed by atoms with E-state index in [1.165, 1.54) is 13.0 Å². The molecule has 0 atom stereocenters. The molecule has 3 rings (SSSR count). The fraction of sp³-hybridized carbons (Fsp3) is 0.200. The van der Waals surface area contributed by atoms with Crippen molar-refractivity contribution in [1.29, 1.82) is 0 Å². The van der Waals surface area contributed by atoms with Crippen molar-refractivity contribution in [3.05, 3.63) is 65.2 Å². The summed E-state index contributed by atoms with van der Waals surface area (Å²) in [5.41, 5.74) is 1.61. The van der Waals surface area contributed by atoms with E-state index in [9.17, 15) is 19.2 Å². The third kappa shape index (κ3) is 4.03. The fourth-order valence-corrected chi connectivity index (χ4v) is 2.84. The van der Waals surface area contributed by atoms with Gasteiger partial charge in [0, 0.05) is 19.2 Å². The Kier molecular flexibility index (Phi) is 5.30. The second-order valence-corrected chi connectivity index (χ2v) is 6.06. The van der Waals surface area contributed by atoms with E-state index in [2.05, 4.69) is 5.32 Å². The summed E-state index contributed by atoms with van der Waals surface area (Å²) < 4.78 is 5.19. The first-order valence-electron chi connectivity index (χ1n) is 8.47. The molecule has 7 heteroatoms. The van der Waals surface area contributed by atoms with Crippen LogP contribution in [0.3, 0.4) is 0 Å². The van der Waals surface area contributed by atoms with Gasteiger partial charge in [-0.05, 0) is 36.8 Å². The van der Waals surface area contributed by atoms with Gasteiger partial charge < -0.3 is 10.1 Å². The molecule has 2 aromatic carbocycles. The molecule has 3 amide bonds. The molecule has 138 valence electrons. The maximum atomic E-state index is 12.2. The summed E-state index contributed by atoms with van der Waals surface area (Å²) in [5.74, 6) is -1.43. The quantitative estimate of drug-likeness (QED) is 0.482. The minimum absolute atomic E-state index is 0.0661. The molecule has 7 nitrogen and oxygen atoms in total. The van der Waals surface area contributed by atoms with Gasteiger partial charge in [-0.3, -0.25) is 19.3 Å². The number of amides is 3. The Balaban J connectivity index is 1.51. The highest BCUT2D eigenvalue weighted by atomic mass is 16.5. The second kappa shape index (κ2) is 7.82. The first-order chi connectivity index (χ1) is 13.0. The van der Waals surface area contributed by atoms with E-state index in [0.29, 0.717) is 28.8 Å². The number of anilines is 1. The number of nitrogens with one attached hydrogen (secondary N) is 1. The smallest absolute Gasteiger partial charge is 0.338 e. The van der Waals surface area contributed by atoms with Crippen LogP contribution in [0.5, 0.6) is 0 Å². The van der Waals surface area contributed by atoms with Gasteiger partial charge in [0.15, 0.2) is 0 Å². The Morgan fingerprint density at radius 1 is 1.00 bits per heavy atom. The summed E-state index contributed by atoms with van der Waals surface area (Å²) >= 11 is 0. The van der Waals surface area contributed by atoms with Gasteiger partial charge in [0.2, 0.25) is 5.91 Å². The van der Waals surface area contributed by atoms with Gasteiger partial charge >= 0.3 is 5.97 Å². The number of hydrogen-bond acceptors (Lipinski definition) is 5. The van der Waals surface area contributed by atoms with Gasteiger partial charge in [-0.1, -0.05) is 18.2 Å². The van der Waals surface area contributed by atoms with E-state index in [1.807, 2.05) is 0 Å². The van der Waals surface area contributed by atoms with Crippen LogP contribution in [0.1, 0.15) is 44.4 Å². The van der Waals surface area contributed by atoms with E-state index in [-0.39, 0.29) is 30.9 Å². The largest absolute Gasteiger partial charge is 0.462 e. The second-order valence-electron chi connectivity index (χ2n) is 6.06. The monoisotopic (exact) mass is 366 g/mol. The number of carbonyl (C=O) groups excluding carboxylic acids is 4. The highest BCUT2D eigenvalue weighted by Gasteiger charge is 2.34. The minimum Gasteiger partial charge on any atom is -0.462 e. The van der Waals surface area contributed by atoms with Gasteiger partial charge in [-0.2, -0.15) is 0 Å². The van der Waals surface area contributed by atoms with Gasteiger partial charge in [0.1, 0.15) is 0 Å². The molecule has 0 radical (unpaired) electrons. The van der Waals surface area contributed by atoms with Crippen molar-refractivity contribution in [3.8, 4) is 0 Å². The van der Waals surface area contributed by atoms with E-state index >= 15 is 0 Å². The predicted octanol–water partition coefficient (Wildman–Crippen LogP) is 2.49. The first kappa shape index (κ1) is 18.3. The van der Waals surface area contributed by atoms with E-state index < -0.39 is 5.97 Å². The Morgan fingerprint density at radius 3 is 2.30 bits per heavy atom. The van der Waals surface area contributed by atoms with Gasteiger partial charge in [-0.25, -0.2) is 4.79 Å². The summed E-state index contributed by atoms with van der Waals surface area (Å²) in [6.45, 7) is 1.62. The van der Waals surface area contributed by atoms with Crippen LogP contribution in [0, 0.1) is 0 Å². The number of ether oxygens (including phenoxy) is 1. The van der Waals surface area contributed by atoms with Crippen molar-refractivity contribution in [2.24, 2.45) is 0 Å². The third-order valence-electron chi connectivity index (χ3n) is 4.06. The normalized spacial score (nSPS) is 12.7. The lowest BCUT2D eigenvalue weighted by atomic mass is 10.1. The Bertz CT molecular complexity index is 887. The molecule has 1 heterocycles. The number of benzene rings is 2. The van der Waals surface area contributed by atoms with Crippen molar-refractivity contribution in [3.63, 3.8) is 0 Å². The lowest BCUT2D eigenvalue weighted by molar-refractivity contribution is -0.114. The van der Waals surface area contributed by atoms with Crippen molar-refractivity contribution in [2.45, 2.75) is 13.3 Å². The van der Waals surface area contributed by atoms with Gasteiger partial charge in [-0.15, -0.1) is 0 Å². The summed E-state index contributed by atoms with van der Waals surface area (Å²) in [6.07, 6.45) is 0.336. The molecule has 27 heavy (non-hydrogen) atoms. The summed E-state index contributed by atoms with van der Waals surface area (Å²) in [7, 11) is 0. The summed E-state index contributed by atoms with van der Waals surface area (Å²) in [5, 5.41) is 2.59. The highest BCUT2D eigenvalue weighted by Crippen LogP contribution is 2.22. The SMILES string of the molecule is CC(=O)Nc1cccc(C(=O)OCCCN2C(=O)c3ccccc3C2=O)c1. The maximum absolute atomic E-state index is 12.2. The molecule has 0 spiro atoms. The number of hydrogen-bond donors (Lipinski definition) is 1. The van der Waals surface area contributed by atoms with Crippen LogP contribution in [0.15, 0.2) is 48.5 Å². The molecular formula is C20H18N2O5. The minimum atomic E-state index is -0.537. The van der Waals surface area contributed by atoms with Crippen LogP contribution in [-0.2, 0) is 9.53 Å². The number of fused-ring (bicyclic) bond motifs is 1. The first-order valence-corrected chi connectivity index (χ1v) is 8.47. The summed E-state index contributed by atoms with van der Waals surface area (Å²) in [4.78, 5) is 48.8. The number of rotatable bonds is 6. The zero-order valence-corrected chi connectivity index (χ0v) is 14.7. The lowest BCUT2D eigenvalue weighted by Crippen LogP contribution is -2.31. The fourth-order valence-electron chi connectivity index (χ4n) is 2.84. The average Bonchev–Trinajstić information content (AvgIpc) is 2.89. The maximum Gasteiger partial charge on any atom is 0.338 e. The average molecular weight is 366 g/mol. The van der Waals surface area contributed by atoms with Crippen molar-refractivity contribution in [1.82, 2.24) is 4.90 Å². The van der Waals surface area contributed by atoms with Crippen LogP contribution in [-0.4, -0.2) is 41.7 Å². The molecule has 0 unspecified atom stereocenters. The molecule has 1 N–H and O–H groups in total. The molecule has 2 aromatic rings. The zero-order valence-electron chi connectivity index (χ0n) is 14.7. The topological polar surface area (TPSA) is 92.8 Å². The van der Waals surface area contributed by atoms with Crippen LogP contribution in [0.4, 0.5) is 5.69 Å². The Hall–Kier alpha value is -3.48. The van der Waals surface area contributed by atoms with Crippen LogP contribution in [0.2, 0.25) is 0 Å². The number of nitrogens with zero attached hydrogens (tertiary/aromatic N) is 1. The molecule has 0 saturated heterocycles. The molecule has 0 bridgehead atoms. The highest BCUT2D eigenvalue weighted by molar-refractivity contribution is 6.21. The van der Waals surface area contributed by atoms with Crippen molar-refractivity contribution in [2.75, 3.05) is 18.5 Å². The molecule has 0 aromatic heterocycles.